The molecule has 0 fully saturated rings. The molecule has 1 rings (SSSR count). The van der Waals surface area contributed by atoms with Crippen LogP contribution < -0.4 is 10.1 Å². The maximum atomic E-state index is 11.4. The van der Waals surface area contributed by atoms with Gasteiger partial charge in [0.25, 0.3) is 0 Å². The van der Waals surface area contributed by atoms with Gasteiger partial charge >= 0.3 is 0 Å². The molecule has 0 unspecified atom stereocenters. The van der Waals surface area contributed by atoms with Crippen molar-refractivity contribution >= 4 is 5.91 Å². The van der Waals surface area contributed by atoms with E-state index < -0.39 is 0 Å². The van der Waals surface area contributed by atoms with Gasteiger partial charge in [0.2, 0.25) is 5.91 Å². The molecule has 0 spiro atoms. The molecule has 94 valence electrons. The van der Waals surface area contributed by atoms with Gasteiger partial charge in [-0.25, -0.2) is 0 Å². The first-order valence-corrected chi connectivity index (χ1v) is 6.01. The van der Waals surface area contributed by atoms with Crippen molar-refractivity contribution in [1.29, 1.82) is 0 Å². The first kappa shape index (κ1) is 13.6. The molecule has 0 heterocycles. The molecule has 0 aliphatic carbocycles. The Kier molecular flexibility index (Phi) is 5.53. The lowest BCUT2D eigenvalue weighted by Crippen LogP contribution is -2.26. The van der Waals surface area contributed by atoms with E-state index >= 15 is 0 Å². The zero-order valence-corrected chi connectivity index (χ0v) is 10.8. The average Bonchev–Trinajstić information content (AvgIpc) is 2.28. The minimum Gasteiger partial charge on any atom is -0.497 e. The molecule has 17 heavy (non-hydrogen) atoms. The Morgan fingerprint density at radius 3 is 2.82 bits per heavy atom. The number of hydrogen-bond acceptors (Lipinski definition) is 2. The number of benzene rings is 1. The lowest BCUT2D eigenvalue weighted by Gasteiger charge is -2.08. The predicted molar refractivity (Wildman–Crippen MR) is 69.2 cm³/mol. The van der Waals surface area contributed by atoms with Crippen LogP contribution in [0.1, 0.15) is 25.8 Å². The molecule has 0 saturated heterocycles. The maximum Gasteiger partial charge on any atom is 0.220 e. The minimum absolute atomic E-state index is 0.128. The molecule has 1 amide bonds. The van der Waals surface area contributed by atoms with E-state index in [1.165, 1.54) is 5.56 Å². The van der Waals surface area contributed by atoms with Gasteiger partial charge in [0, 0.05) is 13.0 Å². The van der Waals surface area contributed by atoms with Crippen LogP contribution in [0, 0.1) is 5.92 Å². The Morgan fingerprint density at radius 1 is 1.41 bits per heavy atom. The van der Waals surface area contributed by atoms with Crippen LogP contribution >= 0.6 is 0 Å². The monoisotopic (exact) mass is 235 g/mol. The summed E-state index contributed by atoms with van der Waals surface area (Å²) < 4.78 is 5.15. The van der Waals surface area contributed by atoms with E-state index in [2.05, 4.69) is 5.32 Å². The van der Waals surface area contributed by atoms with Crippen LogP contribution in [0.15, 0.2) is 24.3 Å². The maximum absolute atomic E-state index is 11.4. The fraction of sp³-hybridized carbons (Fsp3) is 0.500. The Balaban J connectivity index is 2.32. The quantitative estimate of drug-likeness (QED) is 0.822. The smallest absolute Gasteiger partial charge is 0.220 e. The highest BCUT2D eigenvalue weighted by Crippen LogP contribution is 2.12. The van der Waals surface area contributed by atoms with Gasteiger partial charge in [-0.05, 0) is 30.0 Å². The molecule has 0 aromatic heterocycles. The van der Waals surface area contributed by atoms with Crippen molar-refractivity contribution in [3.63, 3.8) is 0 Å². The molecular formula is C14H21NO2. The fourth-order valence-corrected chi connectivity index (χ4v) is 1.62. The molecule has 0 aliphatic rings. The molecule has 1 aromatic rings. The molecule has 0 radical (unpaired) electrons. The summed E-state index contributed by atoms with van der Waals surface area (Å²) >= 11 is 0. The van der Waals surface area contributed by atoms with E-state index in [0.717, 1.165) is 12.2 Å². The first-order chi connectivity index (χ1) is 8.11. The average molecular weight is 235 g/mol. The van der Waals surface area contributed by atoms with Gasteiger partial charge in [-0.15, -0.1) is 0 Å². The summed E-state index contributed by atoms with van der Waals surface area (Å²) in [6.07, 6.45) is 1.43. The molecule has 0 aliphatic heterocycles. The van der Waals surface area contributed by atoms with E-state index in [1.54, 1.807) is 7.11 Å². The zero-order chi connectivity index (χ0) is 12.7. The van der Waals surface area contributed by atoms with Gasteiger partial charge in [-0.1, -0.05) is 26.0 Å². The second kappa shape index (κ2) is 6.94. The number of rotatable bonds is 6. The summed E-state index contributed by atoms with van der Waals surface area (Å²) in [5.74, 6) is 1.39. The second-order valence-corrected chi connectivity index (χ2v) is 4.55. The summed E-state index contributed by atoms with van der Waals surface area (Å²) in [5.41, 5.74) is 1.18. The van der Waals surface area contributed by atoms with Crippen LogP contribution in [0.5, 0.6) is 5.75 Å². The number of nitrogens with one attached hydrogen (secondary N) is 1. The molecule has 3 nitrogen and oxygen atoms in total. The number of hydrogen-bond donors (Lipinski definition) is 1. The van der Waals surface area contributed by atoms with Crippen LogP contribution in [-0.4, -0.2) is 19.6 Å². The molecular weight excluding hydrogens is 214 g/mol. The molecule has 0 bridgehead atoms. The van der Waals surface area contributed by atoms with Crippen molar-refractivity contribution in [2.45, 2.75) is 26.7 Å². The zero-order valence-electron chi connectivity index (χ0n) is 10.8. The Morgan fingerprint density at radius 2 is 2.18 bits per heavy atom. The van der Waals surface area contributed by atoms with Crippen LogP contribution in [0.4, 0.5) is 0 Å². The summed E-state index contributed by atoms with van der Waals surface area (Å²) in [7, 11) is 1.66. The summed E-state index contributed by atoms with van der Waals surface area (Å²) in [5, 5.41) is 2.92. The normalized spacial score (nSPS) is 10.4. The molecule has 0 saturated carbocycles. The second-order valence-electron chi connectivity index (χ2n) is 4.55. The third-order valence-electron chi connectivity index (χ3n) is 2.46. The number of carbonyl (C=O) groups is 1. The van der Waals surface area contributed by atoms with Gasteiger partial charge in [0.05, 0.1) is 7.11 Å². The highest BCUT2D eigenvalue weighted by atomic mass is 16.5. The molecule has 3 heteroatoms. The number of methoxy groups -OCH3 is 1. The fourth-order valence-electron chi connectivity index (χ4n) is 1.62. The molecule has 1 aromatic carbocycles. The van der Waals surface area contributed by atoms with E-state index in [-0.39, 0.29) is 5.91 Å². The van der Waals surface area contributed by atoms with Crippen LogP contribution in [0.2, 0.25) is 0 Å². The largest absolute Gasteiger partial charge is 0.497 e. The lowest BCUT2D eigenvalue weighted by atomic mass is 10.1. The van der Waals surface area contributed by atoms with E-state index in [4.69, 9.17) is 4.74 Å². The van der Waals surface area contributed by atoms with Crippen LogP contribution in [-0.2, 0) is 11.2 Å². The third-order valence-corrected chi connectivity index (χ3v) is 2.46. The molecule has 1 N–H and O–H groups in total. The minimum atomic E-state index is 0.128. The summed E-state index contributed by atoms with van der Waals surface area (Å²) in [4.78, 5) is 11.4. The van der Waals surface area contributed by atoms with Gasteiger partial charge in [-0.2, -0.15) is 0 Å². The van der Waals surface area contributed by atoms with Crippen molar-refractivity contribution in [3.8, 4) is 5.75 Å². The standard InChI is InChI=1S/C14H21NO2/c1-11(2)9-14(16)15-8-7-12-5-4-6-13(10-12)17-3/h4-6,10-11H,7-9H2,1-3H3,(H,15,16). The van der Waals surface area contributed by atoms with Crippen molar-refractivity contribution in [1.82, 2.24) is 5.32 Å². The van der Waals surface area contributed by atoms with E-state index in [0.29, 0.717) is 18.9 Å². The SMILES string of the molecule is COc1cccc(CCNC(=O)CC(C)C)c1. The predicted octanol–water partition coefficient (Wildman–Crippen LogP) is 2.40. The summed E-state index contributed by atoms with van der Waals surface area (Å²) in [6.45, 7) is 4.77. The van der Waals surface area contributed by atoms with Gasteiger partial charge in [-0.3, -0.25) is 4.79 Å². The van der Waals surface area contributed by atoms with Gasteiger partial charge in [0.15, 0.2) is 0 Å². The lowest BCUT2D eigenvalue weighted by molar-refractivity contribution is -0.121. The van der Waals surface area contributed by atoms with Crippen LogP contribution in [0.25, 0.3) is 0 Å². The highest BCUT2D eigenvalue weighted by molar-refractivity contribution is 5.76. The topological polar surface area (TPSA) is 38.3 Å². The summed E-state index contributed by atoms with van der Waals surface area (Å²) in [6, 6.07) is 7.91. The number of ether oxygens (including phenoxy) is 1. The third kappa shape index (κ3) is 5.38. The first-order valence-electron chi connectivity index (χ1n) is 6.01. The van der Waals surface area contributed by atoms with Crippen LogP contribution in [0.3, 0.4) is 0 Å². The van der Waals surface area contributed by atoms with E-state index in [1.807, 2.05) is 38.1 Å². The van der Waals surface area contributed by atoms with Crippen molar-refractivity contribution in [3.05, 3.63) is 29.8 Å². The van der Waals surface area contributed by atoms with Crippen molar-refractivity contribution in [2.24, 2.45) is 5.92 Å². The van der Waals surface area contributed by atoms with E-state index in [9.17, 15) is 4.79 Å². The molecule has 0 atom stereocenters. The highest BCUT2D eigenvalue weighted by Gasteiger charge is 2.03. The number of amides is 1. The Labute approximate surface area is 103 Å². The Hall–Kier alpha value is -1.51. The van der Waals surface area contributed by atoms with Crippen molar-refractivity contribution in [2.75, 3.05) is 13.7 Å². The van der Waals surface area contributed by atoms with Gasteiger partial charge in [0.1, 0.15) is 5.75 Å². The van der Waals surface area contributed by atoms with Crippen molar-refractivity contribution < 1.29 is 9.53 Å². The Bertz CT molecular complexity index is 361. The van der Waals surface area contributed by atoms with Gasteiger partial charge < -0.3 is 10.1 Å². The number of carbonyl (C=O) groups excluding carboxylic acids is 1.